The smallest absolute Gasteiger partial charge is 0.225 e. The molecule has 0 saturated heterocycles. The molecule has 5 nitrogen and oxygen atoms in total. The van der Waals surface area contributed by atoms with Crippen molar-refractivity contribution in [1.29, 1.82) is 0 Å². The van der Waals surface area contributed by atoms with E-state index < -0.39 is 14.8 Å². The molecule has 0 rings (SSSR count). The van der Waals surface area contributed by atoms with Crippen LogP contribution >= 0.6 is 14.8 Å². The van der Waals surface area contributed by atoms with Crippen LogP contribution in [0.2, 0.25) is 0 Å². The normalized spacial score (nSPS) is 16.0. The molecular weight excluding hydrogens is 282 g/mol. The Morgan fingerprint density at radius 1 is 0.842 bits per heavy atom. The standard InChI is InChI=1S/C12H30N2O3P2/c1-7-13(8-2)19(16,14(9-3)10-4)12-18(6,15)17-11-5/h7-12H2,1-6H3. The lowest BCUT2D eigenvalue weighted by Crippen LogP contribution is -2.33. The van der Waals surface area contributed by atoms with Gasteiger partial charge in [-0.05, 0) is 6.92 Å². The topological polar surface area (TPSA) is 49.9 Å². The Labute approximate surface area is 118 Å². The summed E-state index contributed by atoms with van der Waals surface area (Å²) >= 11 is 0. The summed E-state index contributed by atoms with van der Waals surface area (Å²) in [5.74, 6) is 0.136. The molecule has 0 heterocycles. The lowest BCUT2D eigenvalue weighted by Gasteiger charge is -2.38. The summed E-state index contributed by atoms with van der Waals surface area (Å²) in [5.41, 5.74) is 0. The number of nitrogens with zero attached hydrogens (tertiary/aromatic N) is 2. The third-order valence-corrected chi connectivity index (χ3v) is 10.4. The maximum Gasteiger partial charge on any atom is 0.225 e. The fourth-order valence-electron chi connectivity index (χ4n) is 2.34. The molecule has 0 fully saturated rings. The lowest BCUT2D eigenvalue weighted by molar-refractivity contribution is 0.333. The summed E-state index contributed by atoms with van der Waals surface area (Å²) in [7, 11) is -5.63. The molecule has 0 aromatic carbocycles. The summed E-state index contributed by atoms with van der Waals surface area (Å²) in [4.78, 5) is 0. The molecule has 0 aromatic rings. The Balaban J connectivity index is 5.39. The summed E-state index contributed by atoms with van der Waals surface area (Å²) in [6.45, 7) is 14.5. The average Bonchev–Trinajstić information content (AvgIpc) is 2.30. The molecule has 0 aliphatic carbocycles. The van der Waals surface area contributed by atoms with E-state index in [-0.39, 0.29) is 5.90 Å². The molecule has 0 spiro atoms. The molecule has 0 N–H and O–H groups in total. The number of rotatable bonds is 10. The highest BCUT2D eigenvalue weighted by atomic mass is 31.2. The lowest BCUT2D eigenvalue weighted by atomic mass is 10.7. The monoisotopic (exact) mass is 312 g/mol. The second-order valence-electron chi connectivity index (χ2n) is 4.52. The van der Waals surface area contributed by atoms with Gasteiger partial charge in [0, 0.05) is 32.8 Å². The van der Waals surface area contributed by atoms with Crippen LogP contribution in [0.4, 0.5) is 0 Å². The first kappa shape index (κ1) is 19.3. The van der Waals surface area contributed by atoms with Crippen LogP contribution in [-0.2, 0) is 13.7 Å². The Bertz CT molecular complexity index is 326. The fourth-order valence-corrected chi connectivity index (χ4v) is 9.44. The van der Waals surface area contributed by atoms with Crippen LogP contribution in [0.15, 0.2) is 0 Å². The van der Waals surface area contributed by atoms with Crippen molar-refractivity contribution in [3.63, 3.8) is 0 Å². The van der Waals surface area contributed by atoms with E-state index in [1.807, 2.05) is 44.0 Å². The second kappa shape index (κ2) is 8.59. The second-order valence-corrected chi connectivity index (χ2v) is 10.4. The van der Waals surface area contributed by atoms with Crippen molar-refractivity contribution < 1.29 is 13.7 Å². The van der Waals surface area contributed by atoms with E-state index in [0.29, 0.717) is 32.8 Å². The predicted molar refractivity (Wildman–Crippen MR) is 83.5 cm³/mol. The summed E-state index contributed by atoms with van der Waals surface area (Å²) in [5, 5.41) is 0. The van der Waals surface area contributed by atoms with Crippen molar-refractivity contribution in [2.24, 2.45) is 0 Å². The first-order valence-electron chi connectivity index (χ1n) is 7.12. The quantitative estimate of drug-likeness (QED) is 0.575. The van der Waals surface area contributed by atoms with Gasteiger partial charge in [0.25, 0.3) is 0 Å². The maximum absolute atomic E-state index is 13.4. The van der Waals surface area contributed by atoms with Crippen molar-refractivity contribution in [1.82, 2.24) is 9.34 Å². The molecule has 19 heavy (non-hydrogen) atoms. The van der Waals surface area contributed by atoms with Gasteiger partial charge in [-0.1, -0.05) is 27.7 Å². The van der Waals surface area contributed by atoms with Gasteiger partial charge in [0.05, 0.1) is 6.61 Å². The van der Waals surface area contributed by atoms with Crippen LogP contribution < -0.4 is 0 Å². The predicted octanol–water partition coefficient (Wildman–Crippen LogP) is 3.77. The average molecular weight is 312 g/mol. The Kier molecular flexibility index (Phi) is 8.74. The van der Waals surface area contributed by atoms with Crippen LogP contribution in [0, 0.1) is 0 Å². The van der Waals surface area contributed by atoms with E-state index >= 15 is 0 Å². The highest BCUT2D eigenvalue weighted by molar-refractivity contribution is 7.75. The number of hydrogen-bond donors (Lipinski definition) is 0. The van der Waals surface area contributed by atoms with Crippen LogP contribution in [0.1, 0.15) is 34.6 Å². The zero-order chi connectivity index (χ0) is 15.1. The van der Waals surface area contributed by atoms with Gasteiger partial charge in [0.2, 0.25) is 14.8 Å². The SMILES string of the molecule is CCOP(C)(=O)CP(=O)(N(CC)CC)N(CC)CC. The van der Waals surface area contributed by atoms with Gasteiger partial charge in [-0.15, -0.1) is 0 Å². The van der Waals surface area contributed by atoms with Gasteiger partial charge in [0.1, 0.15) is 5.90 Å². The summed E-state index contributed by atoms with van der Waals surface area (Å²) < 4.78 is 35.1. The molecule has 1 atom stereocenters. The third kappa shape index (κ3) is 5.32. The van der Waals surface area contributed by atoms with Crippen LogP contribution in [-0.4, -0.2) is 54.7 Å². The molecular formula is C12H30N2O3P2. The largest absolute Gasteiger partial charge is 0.329 e. The van der Waals surface area contributed by atoms with Crippen molar-refractivity contribution in [2.45, 2.75) is 34.6 Å². The molecule has 0 aliphatic rings. The van der Waals surface area contributed by atoms with Crippen molar-refractivity contribution >= 4 is 14.8 Å². The summed E-state index contributed by atoms with van der Waals surface area (Å²) in [6.07, 6.45) is 0. The molecule has 0 radical (unpaired) electrons. The molecule has 0 aromatic heterocycles. The van der Waals surface area contributed by atoms with E-state index in [2.05, 4.69) is 0 Å². The Morgan fingerprint density at radius 2 is 1.21 bits per heavy atom. The van der Waals surface area contributed by atoms with Crippen LogP contribution in [0.5, 0.6) is 0 Å². The van der Waals surface area contributed by atoms with Gasteiger partial charge in [-0.25, -0.2) is 9.34 Å². The van der Waals surface area contributed by atoms with Gasteiger partial charge in [-0.2, -0.15) is 0 Å². The van der Waals surface area contributed by atoms with E-state index in [1.54, 1.807) is 6.66 Å². The Hall–Kier alpha value is 0.340. The van der Waals surface area contributed by atoms with E-state index in [1.165, 1.54) is 0 Å². The van der Waals surface area contributed by atoms with E-state index in [9.17, 15) is 9.13 Å². The zero-order valence-corrected chi connectivity index (χ0v) is 15.0. The molecule has 1 unspecified atom stereocenters. The van der Waals surface area contributed by atoms with Crippen LogP contribution in [0.25, 0.3) is 0 Å². The van der Waals surface area contributed by atoms with Crippen molar-refractivity contribution in [2.75, 3.05) is 45.4 Å². The van der Waals surface area contributed by atoms with E-state index in [4.69, 9.17) is 4.52 Å². The van der Waals surface area contributed by atoms with Gasteiger partial charge in [0.15, 0.2) is 0 Å². The molecule has 0 aliphatic heterocycles. The molecule has 0 bridgehead atoms. The van der Waals surface area contributed by atoms with Gasteiger partial charge >= 0.3 is 0 Å². The molecule has 116 valence electrons. The summed E-state index contributed by atoms with van der Waals surface area (Å²) in [6, 6.07) is 0. The first-order valence-corrected chi connectivity index (χ1v) is 11.2. The maximum atomic E-state index is 13.4. The minimum atomic E-state index is -2.82. The van der Waals surface area contributed by atoms with Gasteiger partial charge in [-0.3, -0.25) is 9.13 Å². The van der Waals surface area contributed by atoms with Crippen molar-refractivity contribution in [3.05, 3.63) is 0 Å². The van der Waals surface area contributed by atoms with Crippen molar-refractivity contribution in [3.8, 4) is 0 Å². The molecule has 0 saturated carbocycles. The first-order chi connectivity index (χ1) is 8.81. The van der Waals surface area contributed by atoms with Crippen LogP contribution in [0.3, 0.4) is 0 Å². The molecule has 0 amide bonds. The third-order valence-electron chi connectivity index (χ3n) is 3.19. The highest BCUT2D eigenvalue weighted by Crippen LogP contribution is 2.63. The zero-order valence-electron chi connectivity index (χ0n) is 13.3. The fraction of sp³-hybridized carbons (Fsp3) is 1.00. The molecule has 7 heteroatoms. The van der Waals surface area contributed by atoms with E-state index in [0.717, 1.165) is 0 Å². The Morgan fingerprint density at radius 3 is 1.47 bits per heavy atom. The van der Waals surface area contributed by atoms with Gasteiger partial charge < -0.3 is 4.52 Å². The minimum Gasteiger partial charge on any atom is -0.329 e. The highest BCUT2D eigenvalue weighted by Gasteiger charge is 2.39. The number of hydrogen-bond acceptors (Lipinski definition) is 3. The minimum absolute atomic E-state index is 0.136.